The number of aliphatic imine (C=N–C) groups is 1. The quantitative estimate of drug-likeness (QED) is 0.0151. The van der Waals surface area contributed by atoms with Gasteiger partial charge in [0.1, 0.15) is 48.3 Å². The van der Waals surface area contributed by atoms with Gasteiger partial charge in [-0.1, -0.05) is 120 Å². The predicted octanol–water partition coefficient (Wildman–Crippen LogP) is -3.13. The number of aliphatic hydroxyl groups excluding tert-OH is 4. The Morgan fingerprint density at radius 1 is 0.598 bits per heavy atom. The fourth-order valence-corrected chi connectivity index (χ4v) is 9.75. The van der Waals surface area contributed by atoms with Crippen molar-refractivity contribution in [2.75, 3.05) is 19.7 Å². The van der Waals surface area contributed by atoms with Crippen LogP contribution in [-0.2, 0) is 71.9 Å². The van der Waals surface area contributed by atoms with Crippen molar-refractivity contribution in [2.24, 2.45) is 51.8 Å². The summed E-state index contributed by atoms with van der Waals surface area (Å²) in [5, 5.41) is 86.0. The van der Waals surface area contributed by atoms with Crippen LogP contribution in [0, 0.1) is 29.6 Å². The van der Waals surface area contributed by atoms with Gasteiger partial charge in [0, 0.05) is 12.6 Å². The molecule has 0 radical (unpaired) electrons. The number of carbonyl (C=O) groups excluding carboxylic acids is 12. The minimum atomic E-state index is -5.08. The summed E-state index contributed by atoms with van der Waals surface area (Å²) in [6.07, 6.45) is -18.0. The van der Waals surface area contributed by atoms with Gasteiger partial charge in [-0.25, -0.2) is 14.4 Å². The Morgan fingerprint density at radius 3 is 1.53 bits per heavy atom. The fraction of sp³-hybridized carbons (Fsp3) is 0.677. The molecule has 0 aromatic heterocycles. The van der Waals surface area contributed by atoms with Crippen molar-refractivity contribution in [3.05, 3.63) is 35.9 Å². The zero-order valence-corrected chi connectivity index (χ0v) is 61.6. The van der Waals surface area contributed by atoms with Crippen LogP contribution in [0.15, 0.2) is 35.3 Å². The van der Waals surface area contributed by atoms with Gasteiger partial charge in [-0.15, -0.1) is 0 Å². The van der Waals surface area contributed by atoms with E-state index in [1.54, 1.807) is 41.5 Å². The maximum atomic E-state index is 15.5. The smallest absolute Gasteiger partial charge is 0.475 e. The Morgan fingerprint density at radius 2 is 1.07 bits per heavy atom. The minimum Gasteiger partial charge on any atom is -0.475 e. The maximum absolute atomic E-state index is 15.5. The van der Waals surface area contributed by atoms with E-state index in [1.165, 1.54) is 44.2 Å². The number of cyclic esters (lactones) is 1. The number of guanidine groups is 1. The number of carboxylic acid groups (broad SMARTS) is 2. The Bertz CT molecular complexity index is 3130. The zero-order chi connectivity index (χ0) is 82.9. The lowest BCUT2D eigenvalue weighted by atomic mass is 9.95. The second-order valence-corrected chi connectivity index (χ2v) is 26.9. The van der Waals surface area contributed by atoms with Crippen LogP contribution in [-0.4, -0.2) is 236 Å². The van der Waals surface area contributed by atoms with Crippen molar-refractivity contribution < 1.29 is 129 Å². The number of aliphatic hydroxyl groups is 4. The molecule has 2 rings (SSSR count). The lowest BCUT2D eigenvalue weighted by Crippen LogP contribution is -2.64. The Balaban J connectivity index is 0.00000724. The number of nitrogens with two attached hydrogens (primary N) is 3. The lowest BCUT2D eigenvalue weighted by molar-refractivity contribution is -0.193. The van der Waals surface area contributed by atoms with E-state index in [4.69, 9.17) is 41.7 Å². The number of hydrogen-bond donors (Lipinski definition) is 20. The number of alkyl halides is 6. The summed E-state index contributed by atoms with van der Waals surface area (Å²) >= 11 is 0. The average Bonchev–Trinajstić information content (AvgIpc) is 0.809. The molecule has 11 amide bonds. The number of benzene rings is 1. The number of halogens is 6. The number of carbonyl (C=O) groups is 14. The summed E-state index contributed by atoms with van der Waals surface area (Å²) in [7, 11) is 0. The molecule has 608 valence electrons. The topological polar surface area (TPSA) is 592 Å². The van der Waals surface area contributed by atoms with Crippen molar-refractivity contribution in [3.8, 4) is 0 Å². The Labute approximate surface area is 613 Å². The molecular formula is C65H105F6N15O21. The molecule has 23 N–H and O–H groups in total. The highest BCUT2D eigenvalue weighted by molar-refractivity contribution is 6.00. The third-order valence-electron chi connectivity index (χ3n) is 15.4. The van der Waals surface area contributed by atoms with E-state index in [0.29, 0.717) is 6.42 Å². The van der Waals surface area contributed by atoms with Crippen LogP contribution in [0.2, 0.25) is 0 Å². The highest BCUT2D eigenvalue weighted by Crippen LogP contribution is 2.25. The van der Waals surface area contributed by atoms with Crippen LogP contribution in [0.4, 0.5) is 26.3 Å². The number of primary amides is 1. The molecule has 36 nitrogen and oxygen atoms in total. The second kappa shape index (κ2) is 46.5. The molecule has 1 heterocycles. The number of nitrogens with one attached hydrogen (secondary N) is 11. The van der Waals surface area contributed by atoms with Crippen molar-refractivity contribution in [1.29, 1.82) is 0 Å². The number of nitrogens with zero attached hydrogens (tertiary/aromatic N) is 1. The monoisotopic (exact) mass is 1550 g/mol. The molecule has 1 aromatic carbocycles. The molecule has 0 bridgehead atoms. The Hall–Kier alpha value is -9.55. The van der Waals surface area contributed by atoms with Gasteiger partial charge in [-0.2, -0.15) is 26.3 Å². The van der Waals surface area contributed by atoms with Gasteiger partial charge in [0.15, 0.2) is 24.2 Å². The summed E-state index contributed by atoms with van der Waals surface area (Å²) in [5.74, 6) is -22.4. The summed E-state index contributed by atoms with van der Waals surface area (Å²) in [6, 6.07) is -10.5. The maximum Gasteiger partial charge on any atom is 0.490 e. The predicted molar refractivity (Wildman–Crippen MR) is 368 cm³/mol. The molecule has 1 aromatic rings. The summed E-state index contributed by atoms with van der Waals surface area (Å²) in [5.41, 5.74) is 16.4. The molecule has 1 fully saturated rings. The van der Waals surface area contributed by atoms with E-state index in [9.17, 15) is 94.7 Å². The first-order valence-electron chi connectivity index (χ1n) is 33.9. The summed E-state index contributed by atoms with van der Waals surface area (Å²) < 4.78 is 69.4. The zero-order valence-electron chi connectivity index (χ0n) is 61.6. The molecule has 42 heteroatoms. The van der Waals surface area contributed by atoms with E-state index in [1.807, 2.05) is 33.0 Å². The highest BCUT2D eigenvalue weighted by Gasteiger charge is 2.45. The second-order valence-electron chi connectivity index (χ2n) is 26.9. The Kier molecular flexibility index (Phi) is 42.4. The van der Waals surface area contributed by atoms with Gasteiger partial charge in [-0.05, 0) is 74.2 Å². The standard InChI is InChI=1S/C61H103N15O17.2C2HF3O2/c1-14-33(12)42-56(88)74-43(34(13)78)55(87)66-26-41(79)72-45(48(81)50(62)82)58(90)71-40(27-77)60(92)93-49(35-19-16-15-17-20-35)46(76-54(86)39(25-30(6)7)69-52(84)37(23-28(2)3)67-32(10)11)59(91)75-44(47(80)31(8)9)57(89)70-38(24-29(4)5)53(85)68-36(51(83)73-42)21-18-22-65-61(63)64;2*3-2(4,5)1(6)7/h15-17,19-20,28-34,36-40,42-49,67,77-78,80-81H,14,18,21-27H2,1-13H3,(H2,62,82)(H,66,87)(H,68,85)(H,69,84)(H,70,89)(H,71,90)(H,72,79)(H,73,83)(H,74,88)(H,75,91)(H,76,86)(H4,63,64,65);2*(H,6,7)/t33-,34-,36+,37+,38-,39-,40-,42?,43-,44-,45-,46-,47+,48-,49+;;/m0../s1. The van der Waals surface area contributed by atoms with Gasteiger partial charge in [0.2, 0.25) is 65.0 Å². The molecule has 1 aliphatic rings. The van der Waals surface area contributed by atoms with Gasteiger partial charge < -0.3 is 111 Å². The third kappa shape index (κ3) is 36.1. The molecule has 1 unspecified atom stereocenters. The molecule has 0 saturated carbocycles. The van der Waals surface area contributed by atoms with E-state index in [2.05, 4.69) is 58.2 Å². The van der Waals surface area contributed by atoms with Crippen LogP contribution in [0.3, 0.4) is 0 Å². The largest absolute Gasteiger partial charge is 0.490 e. The van der Waals surface area contributed by atoms with Crippen molar-refractivity contribution >= 4 is 88.8 Å². The molecule has 0 aliphatic carbocycles. The number of rotatable bonds is 25. The van der Waals surface area contributed by atoms with Crippen molar-refractivity contribution in [3.63, 3.8) is 0 Å². The number of ether oxygens (including phenoxy) is 1. The summed E-state index contributed by atoms with van der Waals surface area (Å²) in [6.45, 7) is 19.3. The summed E-state index contributed by atoms with van der Waals surface area (Å²) in [4.78, 5) is 193. The molecule has 1 saturated heterocycles. The first kappa shape index (κ1) is 97.4. The van der Waals surface area contributed by atoms with E-state index in [-0.39, 0.29) is 74.0 Å². The molecule has 107 heavy (non-hydrogen) atoms. The van der Waals surface area contributed by atoms with Crippen LogP contribution in [0.25, 0.3) is 0 Å². The third-order valence-corrected chi connectivity index (χ3v) is 15.4. The van der Waals surface area contributed by atoms with Crippen LogP contribution < -0.4 is 75.7 Å². The number of carboxylic acids is 2. The fourth-order valence-electron chi connectivity index (χ4n) is 9.75. The molecule has 0 spiro atoms. The lowest BCUT2D eigenvalue weighted by Gasteiger charge is -2.34. The van der Waals surface area contributed by atoms with Crippen LogP contribution in [0.1, 0.15) is 140 Å². The van der Waals surface area contributed by atoms with E-state index >= 15 is 9.59 Å². The van der Waals surface area contributed by atoms with Crippen LogP contribution in [0.5, 0.6) is 0 Å². The molecule has 1 aliphatic heterocycles. The SMILES string of the molecule is CC[C@H](C)C1NC(=O)[C@@H](CCCN=C(N)N)NC(=O)[C@H](CC(C)C)NC(=O)[C@H]([C@H](O)C(C)C)NC(=O)[C@@H](NC(=O)[C@H](CC(C)C)NC(=O)[C@@H](CC(C)C)NC(C)C)[C@@H](c2ccccc2)OC(=O)[C@H](CO)NC(=O)[C@H]([C@H](O)C(N)=O)NC(=O)CNC(=O)[C@H]([C@H](C)O)NC1=O.O=C(O)C(F)(F)F.O=C(O)C(F)(F)F. The molecule has 15 atom stereocenters. The number of amides is 11. The van der Waals surface area contributed by atoms with Gasteiger partial charge in [0.05, 0.1) is 31.4 Å². The first-order chi connectivity index (χ1) is 49.3. The highest BCUT2D eigenvalue weighted by atomic mass is 19.4. The van der Waals surface area contributed by atoms with E-state index in [0.717, 1.165) is 6.92 Å². The van der Waals surface area contributed by atoms with E-state index < -0.39 is 205 Å². The number of esters is 1. The first-order valence-corrected chi connectivity index (χ1v) is 33.9. The van der Waals surface area contributed by atoms with Gasteiger partial charge in [-0.3, -0.25) is 57.7 Å². The van der Waals surface area contributed by atoms with Crippen molar-refractivity contribution in [2.45, 2.75) is 232 Å². The molecular weight excluding hydrogens is 1440 g/mol. The van der Waals surface area contributed by atoms with Gasteiger partial charge in [0.25, 0.3) is 0 Å². The number of hydrogen-bond acceptors (Lipinski definition) is 21. The average molecular weight is 1550 g/mol. The normalized spacial score (nSPS) is 22.7. The number of aliphatic carboxylic acids is 2. The van der Waals surface area contributed by atoms with Crippen LogP contribution >= 0.6 is 0 Å². The van der Waals surface area contributed by atoms with Crippen molar-refractivity contribution in [1.82, 2.24) is 58.5 Å². The van der Waals surface area contributed by atoms with Gasteiger partial charge >= 0.3 is 30.3 Å². The minimum absolute atomic E-state index is 0.00315.